The van der Waals surface area contributed by atoms with E-state index in [2.05, 4.69) is 43.1 Å². The summed E-state index contributed by atoms with van der Waals surface area (Å²) in [5.74, 6) is -0.131. The standard InChI is InChI=1S/C19H29N3O/c1-5-12-22-13-10-17(11-14-22)20-21-18(23)15-6-8-16(9-7-15)19(2,3)4/h6-9H,5,10-14H2,1-4H3,(H,21,23). The summed E-state index contributed by atoms with van der Waals surface area (Å²) in [6.45, 7) is 11.9. The molecule has 1 heterocycles. The maximum atomic E-state index is 12.2. The first-order valence-corrected chi connectivity index (χ1v) is 8.59. The summed E-state index contributed by atoms with van der Waals surface area (Å²) < 4.78 is 0. The molecule has 0 bridgehead atoms. The molecule has 0 saturated carbocycles. The van der Waals surface area contributed by atoms with Gasteiger partial charge in [-0.25, -0.2) is 5.43 Å². The molecule has 4 heteroatoms. The van der Waals surface area contributed by atoms with Gasteiger partial charge >= 0.3 is 0 Å². The Balaban J connectivity index is 1.89. The third-order valence-corrected chi connectivity index (χ3v) is 4.30. The zero-order valence-electron chi connectivity index (χ0n) is 14.9. The Labute approximate surface area is 140 Å². The van der Waals surface area contributed by atoms with Crippen LogP contribution in [0.2, 0.25) is 0 Å². The van der Waals surface area contributed by atoms with E-state index in [-0.39, 0.29) is 11.3 Å². The first-order valence-electron chi connectivity index (χ1n) is 8.59. The Morgan fingerprint density at radius 2 is 1.78 bits per heavy atom. The number of piperidine rings is 1. The highest BCUT2D eigenvalue weighted by Gasteiger charge is 2.16. The van der Waals surface area contributed by atoms with Crippen LogP contribution in [0.25, 0.3) is 0 Å². The molecule has 126 valence electrons. The fourth-order valence-electron chi connectivity index (χ4n) is 2.78. The molecule has 1 aromatic carbocycles. The van der Waals surface area contributed by atoms with Crippen molar-refractivity contribution in [2.75, 3.05) is 19.6 Å². The zero-order valence-corrected chi connectivity index (χ0v) is 14.9. The Morgan fingerprint density at radius 1 is 1.17 bits per heavy atom. The number of hydrogen-bond acceptors (Lipinski definition) is 3. The molecule has 1 fully saturated rings. The van der Waals surface area contributed by atoms with Crippen LogP contribution >= 0.6 is 0 Å². The summed E-state index contributed by atoms with van der Waals surface area (Å²) >= 11 is 0. The number of carbonyl (C=O) groups is 1. The van der Waals surface area contributed by atoms with Crippen molar-refractivity contribution < 1.29 is 4.79 Å². The number of likely N-dealkylation sites (tertiary alicyclic amines) is 1. The molecule has 1 N–H and O–H groups in total. The summed E-state index contributed by atoms with van der Waals surface area (Å²) in [5, 5.41) is 4.32. The first-order chi connectivity index (χ1) is 10.9. The first kappa shape index (κ1) is 17.7. The van der Waals surface area contributed by atoms with E-state index in [0.29, 0.717) is 5.56 Å². The summed E-state index contributed by atoms with van der Waals surface area (Å²) in [7, 11) is 0. The second-order valence-corrected chi connectivity index (χ2v) is 7.29. The summed E-state index contributed by atoms with van der Waals surface area (Å²) in [5.41, 5.74) is 5.78. The minimum Gasteiger partial charge on any atom is -0.303 e. The van der Waals surface area contributed by atoms with Gasteiger partial charge in [0.05, 0.1) is 0 Å². The van der Waals surface area contributed by atoms with Gasteiger partial charge in [0.2, 0.25) is 0 Å². The van der Waals surface area contributed by atoms with Crippen LogP contribution < -0.4 is 5.43 Å². The van der Waals surface area contributed by atoms with Gasteiger partial charge in [-0.05, 0) is 36.1 Å². The van der Waals surface area contributed by atoms with E-state index >= 15 is 0 Å². The molecule has 1 amide bonds. The van der Waals surface area contributed by atoms with Gasteiger partial charge in [0.15, 0.2) is 0 Å². The molecule has 1 aromatic rings. The predicted molar refractivity (Wildman–Crippen MR) is 96.0 cm³/mol. The highest BCUT2D eigenvalue weighted by Crippen LogP contribution is 2.22. The molecule has 0 aliphatic carbocycles. The van der Waals surface area contributed by atoms with E-state index in [9.17, 15) is 4.79 Å². The third kappa shape index (κ3) is 5.17. The van der Waals surface area contributed by atoms with Crippen LogP contribution in [0.3, 0.4) is 0 Å². The number of hydrazone groups is 1. The number of amides is 1. The number of nitrogens with zero attached hydrogens (tertiary/aromatic N) is 2. The van der Waals surface area contributed by atoms with Crippen molar-refractivity contribution in [2.24, 2.45) is 5.10 Å². The number of nitrogens with one attached hydrogen (secondary N) is 1. The van der Waals surface area contributed by atoms with Crippen molar-refractivity contribution in [1.29, 1.82) is 0 Å². The minimum absolute atomic E-state index is 0.0989. The van der Waals surface area contributed by atoms with E-state index in [0.717, 1.165) is 38.2 Å². The van der Waals surface area contributed by atoms with Gasteiger partial charge in [0, 0.05) is 37.2 Å². The average molecular weight is 315 g/mol. The SMILES string of the molecule is CCCN1CCC(=NNC(=O)c2ccc(C(C)(C)C)cc2)CC1. The molecule has 0 aromatic heterocycles. The van der Waals surface area contributed by atoms with Gasteiger partial charge in [-0.3, -0.25) is 4.79 Å². The zero-order chi connectivity index (χ0) is 16.9. The van der Waals surface area contributed by atoms with Crippen molar-refractivity contribution >= 4 is 11.6 Å². The van der Waals surface area contributed by atoms with E-state index in [4.69, 9.17) is 0 Å². The van der Waals surface area contributed by atoms with Gasteiger partial charge < -0.3 is 4.90 Å². The van der Waals surface area contributed by atoms with Crippen LogP contribution in [0.5, 0.6) is 0 Å². The van der Waals surface area contributed by atoms with Gasteiger partial charge in [0.1, 0.15) is 0 Å². The molecule has 23 heavy (non-hydrogen) atoms. The van der Waals surface area contributed by atoms with Crippen LogP contribution in [0.1, 0.15) is 62.9 Å². The second-order valence-electron chi connectivity index (χ2n) is 7.29. The molecule has 1 aliphatic rings. The van der Waals surface area contributed by atoms with E-state index < -0.39 is 0 Å². The maximum Gasteiger partial charge on any atom is 0.271 e. The van der Waals surface area contributed by atoms with Gasteiger partial charge in [0.25, 0.3) is 5.91 Å². The van der Waals surface area contributed by atoms with Gasteiger partial charge in [-0.15, -0.1) is 0 Å². The monoisotopic (exact) mass is 315 g/mol. The lowest BCUT2D eigenvalue weighted by atomic mass is 9.87. The summed E-state index contributed by atoms with van der Waals surface area (Å²) in [6, 6.07) is 7.79. The molecule has 0 radical (unpaired) electrons. The predicted octanol–water partition coefficient (Wildman–Crippen LogP) is 3.58. The molecule has 2 rings (SSSR count). The fourth-order valence-corrected chi connectivity index (χ4v) is 2.78. The quantitative estimate of drug-likeness (QED) is 0.863. The largest absolute Gasteiger partial charge is 0.303 e. The van der Waals surface area contributed by atoms with E-state index in [1.807, 2.05) is 24.3 Å². The molecular formula is C19H29N3O. The van der Waals surface area contributed by atoms with Gasteiger partial charge in [-0.1, -0.05) is 39.8 Å². The van der Waals surface area contributed by atoms with Crippen LogP contribution in [0.15, 0.2) is 29.4 Å². The van der Waals surface area contributed by atoms with E-state index in [1.54, 1.807) is 0 Å². The summed E-state index contributed by atoms with van der Waals surface area (Å²) in [4.78, 5) is 14.6. The summed E-state index contributed by atoms with van der Waals surface area (Å²) in [6.07, 6.45) is 3.08. The van der Waals surface area contributed by atoms with Crippen LogP contribution in [-0.2, 0) is 5.41 Å². The fraction of sp³-hybridized carbons (Fsp3) is 0.579. The number of benzene rings is 1. The number of carbonyl (C=O) groups excluding carboxylic acids is 1. The van der Waals surface area contributed by atoms with Crippen molar-refractivity contribution in [1.82, 2.24) is 10.3 Å². The Morgan fingerprint density at radius 3 is 2.30 bits per heavy atom. The van der Waals surface area contributed by atoms with Crippen molar-refractivity contribution in [3.63, 3.8) is 0 Å². The van der Waals surface area contributed by atoms with Crippen molar-refractivity contribution in [2.45, 2.75) is 52.4 Å². The lowest BCUT2D eigenvalue weighted by Crippen LogP contribution is -2.35. The molecule has 4 nitrogen and oxygen atoms in total. The lowest BCUT2D eigenvalue weighted by Gasteiger charge is -2.26. The molecule has 0 atom stereocenters. The van der Waals surface area contributed by atoms with Crippen LogP contribution in [0, 0.1) is 0 Å². The molecule has 1 aliphatic heterocycles. The number of hydrogen-bond donors (Lipinski definition) is 1. The highest BCUT2D eigenvalue weighted by atomic mass is 16.2. The highest BCUT2D eigenvalue weighted by molar-refractivity contribution is 5.95. The van der Waals surface area contributed by atoms with Gasteiger partial charge in [-0.2, -0.15) is 5.10 Å². The van der Waals surface area contributed by atoms with E-state index in [1.165, 1.54) is 12.0 Å². The second kappa shape index (κ2) is 7.73. The van der Waals surface area contributed by atoms with Crippen LogP contribution in [-0.4, -0.2) is 36.2 Å². The number of rotatable bonds is 4. The molecule has 0 unspecified atom stereocenters. The smallest absolute Gasteiger partial charge is 0.271 e. The van der Waals surface area contributed by atoms with Crippen molar-refractivity contribution in [3.8, 4) is 0 Å². The Hall–Kier alpha value is -1.68. The van der Waals surface area contributed by atoms with Crippen molar-refractivity contribution in [3.05, 3.63) is 35.4 Å². The Kier molecular flexibility index (Phi) is 5.94. The maximum absolute atomic E-state index is 12.2. The topological polar surface area (TPSA) is 44.7 Å². The normalized spacial score (nSPS) is 16.3. The van der Waals surface area contributed by atoms with Crippen LogP contribution in [0.4, 0.5) is 0 Å². The minimum atomic E-state index is -0.131. The molecular weight excluding hydrogens is 286 g/mol. The lowest BCUT2D eigenvalue weighted by molar-refractivity contribution is 0.0954. The third-order valence-electron chi connectivity index (χ3n) is 4.30. The Bertz CT molecular complexity index is 545. The molecule has 1 saturated heterocycles. The molecule has 0 spiro atoms. The average Bonchev–Trinajstić information content (AvgIpc) is 2.53.